The van der Waals surface area contributed by atoms with Crippen molar-refractivity contribution in [2.75, 3.05) is 5.32 Å². The molecule has 2 heterocycles. The first kappa shape index (κ1) is 13.5. The van der Waals surface area contributed by atoms with Crippen LogP contribution in [0.1, 0.15) is 43.0 Å². The van der Waals surface area contributed by atoms with Crippen LogP contribution >= 0.6 is 0 Å². The zero-order chi connectivity index (χ0) is 15.5. The number of anilines is 1. The van der Waals surface area contributed by atoms with Crippen LogP contribution in [-0.2, 0) is 28.5 Å². The van der Waals surface area contributed by atoms with Crippen molar-refractivity contribution in [1.82, 2.24) is 4.98 Å². The third-order valence-electron chi connectivity index (χ3n) is 5.05. The van der Waals surface area contributed by atoms with Crippen molar-refractivity contribution in [3.05, 3.63) is 58.8 Å². The molecule has 1 aliphatic heterocycles. The summed E-state index contributed by atoms with van der Waals surface area (Å²) in [5.74, 6) is 0.825. The second-order valence-electron chi connectivity index (χ2n) is 7.52. The third-order valence-corrected chi connectivity index (χ3v) is 5.05. The van der Waals surface area contributed by atoms with Gasteiger partial charge in [-0.2, -0.15) is 0 Å². The molecule has 3 nitrogen and oxygen atoms in total. The predicted molar refractivity (Wildman–Crippen MR) is 87.1 cm³/mol. The number of fused-ring (bicyclic) bond motifs is 3. The quantitative estimate of drug-likeness (QED) is 0.809. The highest BCUT2D eigenvalue weighted by Gasteiger charge is 2.51. The van der Waals surface area contributed by atoms with Crippen LogP contribution in [0.4, 0.5) is 5.82 Å². The van der Waals surface area contributed by atoms with Crippen LogP contribution in [0.3, 0.4) is 0 Å². The molecule has 0 fully saturated rings. The highest BCUT2D eigenvalue weighted by molar-refractivity contribution is 6.06. The van der Waals surface area contributed by atoms with Gasteiger partial charge in [-0.05, 0) is 41.0 Å². The number of hydrogen-bond acceptors (Lipinski definition) is 2. The number of pyridine rings is 1. The van der Waals surface area contributed by atoms with Crippen LogP contribution < -0.4 is 5.32 Å². The van der Waals surface area contributed by atoms with Crippen LogP contribution in [0.25, 0.3) is 0 Å². The van der Waals surface area contributed by atoms with E-state index in [1.807, 2.05) is 12.1 Å². The summed E-state index contributed by atoms with van der Waals surface area (Å²) in [6, 6.07) is 10.6. The molecule has 0 bridgehead atoms. The van der Waals surface area contributed by atoms with Gasteiger partial charge in [0.05, 0.1) is 5.41 Å². The van der Waals surface area contributed by atoms with E-state index in [0.717, 1.165) is 24.2 Å². The van der Waals surface area contributed by atoms with Gasteiger partial charge >= 0.3 is 0 Å². The van der Waals surface area contributed by atoms with Gasteiger partial charge in [-0.3, -0.25) is 4.79 Å². The Morgan fingerprint density at radius 1 is 1.14 bits per heavy atom. The number of nitrogens with one attached hydrogen (secondary N) is 1. The number of benzene rings is 1. The van der Waals surface area contributed by atoms with Gasteiger partial charge in [0.2, 0.25) is 5.91 Å². The highest BCUT2D eigenvalue weighted by atomic mass is 16.2. The lowest BCUT2D eigenvalue weighted by atomic mass is 9.79. The van der Waals surface area contributed by atoms with Crippen LogP contribution in [0.15, 0.2) is 36.5 Å². The zero-order valence-corrected chi connectivity index (χ0v) is 13.2. The normalized spacial score (nSPS) is 22.6. The molecule has 2 aliphatic rings. The zero-order valence-electron chi connectivity index (χ0n) is 13.2. The Kier molecular flexibility index (Phi) is 2.57. The van der Waals surface area contributed by atoms with E-state index in [9.17, 15) is 4.79 Å². The molecule has 1 aromatic heterocycles. The molecule has 1 spiro atoms. The Morgan fingerprint density at radius 2 is 1.91 bits per heavy atom. The summed E-state index contributed by atoms with van der Waals surface area (Å²) in [5.41, 5.74) is 4.64. The van der Waals surface area contributed by atoms with Gasteiger partial charge in [-0.15, -0.1) is 0 Å². The molecular weight excluding hydrogens is 272 g/mol. The number of nitrogens with zero attached hydrogens (tertiary/aromatic N) is 1. The largest absolute Gasteiger partial charge is 0.310 e. The summed E-state index contributed by atoms with van der Waals surface area (Å²) in [6.45, 7) is 6.67. The maximum absolute atomic E-state index is 12.7. The summed E-state index contributed by atoms with van der Waals surface area (Å²) in [7, 11) is 0. The minimum absolute atomic E-state index is 0.0923. The molecule has 3 heteroatoms. The molecule has 0 radical (unpaired) electrons. The summed E-state index contributed by atoms with van der Waals surface area (Å²) >= 11 is 0. The number of amides is 1. The Labute approximate surface area is 130 Å². The maximum atomic E-state index is 12.7. The minimum Gasteiger partial charge on any atom is -0.310 e. The van der Waals surface area contributed by atoms with E-state index in [1.165, 1.54) is 16.7 Å². The first-order chi connectivity index (χ1) is 10.4. The van der Waals surface area contributed by atoms with Gasteiger partial charge < -0.3 is 5.32 Å². The number of aromatic nitrogens is 1. The van der Waals surface area contributed by atoms with E-state index in [2.05, 4.69) is 49.3 Å². The SMILES string of the molecule is CC(C)(C)c1ccc2c(c1)CC1(C2)C(=O)Nc2ncccc21. The molecular formula is C19H20N2O. The van der Waals surface area contributed by atoms with Crippen LogP contribution in [0.5, 0.6) is 0 Å². The topological polar surface area (TPSA) is 42.0 Å². The Hall–Kier alpha value is -2.16. The van der Waals surface area contributed by atoms with E-state index in [4.69, 9.17) is 0 Å². The Bertz CT molecular complexity index is 788. The van der Waals surface area contributed by atoms with E-state index in [0.29, 0.717) is 0 Å². The van der Waals surface area contributed by atoms with E-state index in [-0.39, 0.29) is 11.3 Å². The van der Waals surface area contributed by atoms with Crippen LogP contribution in [0, 0.1) is 0 Å². The minimum atomic E-state index is -0.456. The van der Waals surface area contributed by atoms with Gasteiger partial charge in [-0.25, -0.2) is 4.98 Å². The Balaban J connectivity index is 1.81. The summed E-state index contributed by atoms with van der Waals surface area (Å²) in [5, 5.41) is 2.96. The second kappa shape index (κ2) is 4.19. The molecule has 4 rings (SSSR count). The average molecular weight is 292 g/mol. The lowest BCUT2D eigenvalue weighted by Gasteiger charge is -2.20. The fourth-order valence-corrected chi connectivity index (χ4v) is 3.73. The standard InChI is InChI=1S/C19H20N2O/c1-18(2,3)14-7-6-12-10-19(11-13(12)9-14)15-5-4-8-20-16(15)21-17(19)22/h4-9H,10-11H2,1-3H3,(H,20,21,22). The van der Waals surface area contributed by atoms with Crippen molar-refractivity contribution in [3.8, 4) is 0 Å². The van der Waals surface area contributed by atoms with Gasteiger partial charge in [0.15, 0.2) is 0 Å². The van der Waals surface area contributed by atoms with Crippen molar-refractivity contribution in [1.29, 1.82) is 0 Å². The van der Waals surface area contributed by atoms with Crippen molar-refractivity contribution < 1.29 is 4.79 Å². The van der Waals surface area contributed by atoms with Crippen LogP contribution in [-0.4, -0.2) is 10.9 Å². The number of carbonyl (C=O) groups excluding carboxylic acids is 1. The van der Waals surface area contributed by atoms with Gasteiger partial charge in [-0.1, -0.05) is 45.0 Å². The molecule has 0 saturated heterocycles. The molecule has 1 unspecified atom stereocenters. The molecule has 1 aliphatic carbocycles. The molecule has 2 aromatic rings. The lowest BCUT2D eigenvalue weighted by Crippen LogP contribution is -2.35. The summed E-state index contributed by atoms with van der Waals surface area (Å²) in [6.07, 6.45) is 3.28. The van der Waals surface area contributed by atoms with Gasteiger partial charge in [0.1, 0.15) is 5.82 Å². The maximum Gasteiger partial charge on any atom is 0.237 e. The van der Waals surface area contributed by atoms with Gasteiger partial charge in [0, 0.05) is 11.8 Å². The van der Waals surface area contributed by atoms with E-state index in [1.54, 1.807) is 6.20 Å². The first-order valence-corrected chi connectivity index (χ1v) is 7.79. The van der Waals surface area contributed by atoms with E-state index >= 15 is 0 Å². The van der Waals surface area contributed by atoms with Crippen LogP contribution in [0.2, 0.25) is 0 Å². The Morgan fingerprint density at radius 3 is 2.68 bits per heavy atom. The van der Waals surface area contributed by atoms with E-state index < -0.39 is 5.41 Å². The summed E-state index contributed by atoms with van der Waals surface area (Å²) < 4.78 is 0. The molecule has 1 aromatic carbocycles. The molecule has 1 atom stereocenters. The van der Waals surface area contributed by atoms with Crippen molar-refractivity contribution in [2.45, 2.75) is 44.4 Å². The fraction of sp³-hybridized carbons (Fsp3) is 0.368. The molecule has 1 amide bonds. The van der Waals surface area contributed by atoms with Gasteiger partial charge in [0.25, 0.3) is 0 Å². The molecule has 112 valence electrons. The molecule has 22 heavy (non-hydrogen) atoms. The second-order valence-corrected chi connectivity index (χ2v) is 7.52. The van der Waals surface area contributed by atoms with Crippen molar-refractivity contribution in [2.24, 2.45) is 0 Å². The third kappa shape index (κ3) is 1.75. The van der Waals surface area contributed by atoms with Crippen molar-refractivity contribution in [3.63, 3.8) is 0 Å². The first-order valence-electron chi connectivity index (χ1n) is 7.79. The highest BCUT2D eigenvalue weighted by Crippen LogP contribution is 2.47. The number of hydrogen-bond donors (Lipinski definition) is 1. The smallest absolute Gasteiger partial charge is 0.237 e. The molecule has 1 N–H and O–H groups in total. The average Bonchev–Trinajstić information content (AvgIpc) is 2.97. The van der Waals surface area contributed by atoms with Crippen molar-refractivity contribution >= 4 is 11.7 Å². The predicted octanol–water partition coefficient (Wildman–Crippen LogP) is 3.37. The molecule has 0 saturated carbocycles. The number of carbonyl (C=O) groups is 1. The lowest BCUT2D eigenvalue weighted by molar-refractivity contribution is -0.120. The summed E-state index contributed by atoms with van der Waals surface area (Å²) in [4.78, 5) is 17.0. The number of rotatable bonds is 0. The monoisotopic (exact) mass is 292 g/mol. The fourth-order valence-electron chi connectivity index (χ4n) is 3.73.